The molecule has 5 rings (SSSR count). The maximum atomic E-state index is 14.9. The summed E-state index contributed by atoms with van der Waals surface area (Å²) in [5.41, 5.74) is -0.648. The summed E-state index contributed by atoms with van der Waals surface area (Å²) in [7, 11) is 1.34. The van der Waals surface area contributed by atoms with Crippen LogP contribution in [0.4, 0.5) is 20.8 Å². The van der Waals surface area contributed by atoms with Crippen molar-refractivity contribution in [1.82, 2.24) is 9.97 Å². The minimum Gasteiger partial charge on any atom is -0.465 e. The van der Waals surface area contributed by atoms with Crippen molar-refractivity contribution in [2.45, 2.75) is 5.72 Å². The summed E-state index contributed by atoms with van der Waals surface area (Å²) in [6.07, 6.45) is -1.20. The van der Waals surface area contributed by atoms with Crippen LogP contribution >= 0.6 is 24.0 Å². The summed E-state index contributed by atoms with van der Waals surface area (Å²) in [5, 5.41) is 21.4. The van der Waals surface area contributed by atoms with Gasteiger partial charge in [0.2, 0.25) is 5.95 Å². The normalized spacial score (nSPS) is 16.9. The number of halogens is 3. The zero-order chi connectivity index (χ0) is 23.5. The minimum atomic E-state index is -2.06. The fraction of sp³-hybridized carbons (Fsp3) is 0.0870. The van der Waals surface area contributed by atoms with Crippen LogP contribution in [0.1, 0.15) is 21.5 Å². The maximum Gasteiger partial charge on any atom is 0.413 e. The van der Waals surface area contributed by atoms with E-state index in [1.54, 1.807) is 36.4 Å². The van der Waals surface area contributed by atoms with Gasteiger partial charge in [0.15, 0.2) is 5.72 Å². The number of rotatable bonds is 3. The van der Waals surface area contributed by atoms with Crippen molar-refractivity contribution in [3.05, 3.63) is 88.2 Å². The molecule has 1 unspecified atom stereocenters. The van der Waals surface area contributed by atoms with Crippen LogP contribution in [0.2, 0.25) is 5.02 Å². The van der Waals surface area contributed by atoms with Crippen molar-refractivity contribution in [1.29, 1.82) is 0 Å². The van der Waals surface area contributed by atoms with Crippen LogP contribution in [0.25, 0.3) is 11.0 Å². The van der Waals surface area contributed by atoms with Gasteiger partial charge in [-0.25, -0.2) is 14.2 Å². The molecule has 34 heavy (non-hydrogen) atoms. The number of hydrogen-bond acceptors (Lipinski definition) is 4. The number of aromatic amines is 1. The van der Waals surface area contributed by atoms with E-state index in [2.05, 4.69) is 9.97 Å². The van der Waals surface area contributed by atoms with Crippen molar-refractivity contribution < 1.29 is 24.2 Å². The lowest BCUT2D eigenvalue weighted by atomic mass is 9.93. The van der Waals surface area contributed by atoms with Gasteiger partial charge in [-0.2, -0.15) is 0 Å². The highest BCUT2D eigenvalue weighted by molar-refractivity contribution is 6.31. The van der Waals surface area contributed by atoms with E-state index in [-0.39, 0.29) is 45.8 Å². The maximum absolute atomic E-state index is 14.9. The van der Waals surface area contributed by atoms with Crippen molar-refractivity contribution in [3.63, 3.8) is 0 Å². The van der Waals surface area contributed by atoms with E-state index >= 15 is 0 Å². The quantitative estimate of drug-likeness (QED) is 0.374. The predicted octanol–water partition coefficient (Wildman–Crippen LogP) is 4.75. The second-order valence-electron chi connectivity index (χ2n) is 7.59. The molecular weight excluding hydrogens is 486 g/mol. The molecule has 1 aliphatic rings. The predicted molar refractivity (Wildman–Crippen MR) is 127 cm³/mol. The number of benzene rings is 3. The molecule has 0 saturated carbocycles. The number of carbonyl (C=O) groups excluding carboxylic acids is 1. The molecule has 4 aromatic rings. The number of anilines is 2. The van der Waals surface area contributed by atoms with Crippen LogP contribution in [0, 0.1) is 5.82 Å². The SMILES string of the molecule is CN(C(=O)O)c1nc2cc(C3(O)c4ccccc4C(=O)N3c3cc(Cl)ccc3F)ccc2[nH]1.Cl. The Morgan fingerprint density at radius 2 is 1.91 bits per heavy atom. The lowest BCUT2D eigenvalue weighted by molar-refractivity contribution is 0.0699. The molecule has 2 heterocycles. The molecule has 1 aliphatic heterocycles. The highest BCUT2D eigenvalue weighted by Gasteiger charge is 2.51. The first-order valence-electron chi connectivity index (χ1n) is 9.80. The summed E-state index contributed by atoms with van der Waals surface area (Å²) in [6, 6.07) is 14.9. The van der Waals surface area contributed by atoms with Gasteiger partial charge in [-0.05, 0) is 36.4 Å². The van der Waals surface area contributed by atoms with Crippen molar-refractivity contribution >= 4 is 58.7 Å². The van der Waals surface area contributed by atoms with Gasteiger partial charge in [0.05, 0.1) is 16.7 Å². The Hall–Kier alpha value is -3.66. The largest absolute Gasteiger partial charge is 0.465 e. The topological polar surface area (TPSA) is 110 Å². The molecule has 8 nitrogen and oxygen atoms in total. The zero-order valence-corrected chi connectivity index (χ0v) is 19.1. The number of aliphatic hydroxyl groups is 1. The molecule has 0 fully saturated rings. The second-order valence-corrected chi connectivity index (χ2v) is 8.02. The van der Waals surface area contributed by atoms with Crippen molar-refractivity contribution in [2.75, 3.05) is 16.8 Å². The number of aromatic nitrogens is 2. The van der Waals surface area contributed by atoms with Gasteiger partial charge in [-0.1, -0.05) is 35.9 Å². The first kappa shape index (κ1) is 23.5. The molecule has 0 bridgehead atoms. The molecule has 174 valence electrons. The fourth-order valence-corrected chi connectivity index (χ4v) is 4.21. The van der Waals surface area contributed by atoms with Gasteiger partial charge in [-0.3, -0.25) is 14.6 Å². The molecule has 0 saturated heterocycles. The first-order valence-corrected chi connectivity index (χ1v) is 10.2. The van der Waals surface area contributed by atoms with Gasteiger partial charge in [0, 0.05) is 28.8 Å². The Bertz CT molecular complexity index is 1460. The third kappa shape index (κ3) is 3.37. The summed E-state index contributed by atoms with van der Waals surface area (Å²) in [5.74, 6) is -1.24. The zero-order valence-electron chi connectivity index (χ0n) is 17.5. The first-order chi connectivity index (χ1) is 15.7. The Balaban J connectivity index is 0.00000274. The number of nitrogens with one attached hydrogen (secondary N) is 1. The van der Waals surface area contributed by atoms with E-state index in [9.17, 15) is 24.2 Å². The summed E-state index contributed by atoms with van der Waals surface area (Å²) in [4.78, 5) is 33.7. The molecule has 11 heteroatoms. The number of imidazole rings is 1. The van der Waals surface area contributed by atoms with Crippen molar-refractivity contribution in [2.24, 2.45) is 0 Å². The van der Waals surface area contributed by atoms with Crippen LogP contribution in [0.15, 0.2) is 60.7 Å². The molecule has 3 aromatic carbocycles. The second kappa shape index (κ2) is 8.28. The molecule has 2 amide bonds. The van der Waals surface area contributed by atoms with E-state index in [1.807, 2.05) is 0 Å². The van der Waals surface area contributed by atoms with Crippen LogP contribution in [0.3, 0.4) is 0 Å². The number of carboxylic acid groups (broad SMARTS) is 1. The van der Waals surface area contributed by atoms with Crippen LogP contribution in [-0.2, 0) is 5.72 Å². The standard InChI is InChI=1S/C23H16ClFN4O4.ClH/c1-28(22(31)32)21-26-17-9-6-12(10-18(17)27-21)23(33)15-5-3-2-4-14(15)20(30)29(23)19-11-13(24)7-8-16(19)25;/h2-11,33H,1H3,(H,26,27)(H,31,32);1H. The summed E-state index contributed by atoms with van der Waals surface area (Å²) in [6.45, 7) is 0. The van der Waals surface area contributed by atoms with Crippen LogP contribution < -0.4 is 9.80 Å². The number of nitrogens with zero attached hydrogens (tertiary/aromatic N) is 3. The smallest absolute Gasteiger partial charge is 0.413 e. The Kier molecular flexibility index (Phi) is 5.72. The highest BCUT2D eigenvalue weighted by Crippen LogP contribution is 2.46. The summed E-state index contributed by atoms with van der Waals surface area (Å²) >= 11 is 6.08. The monoisotopic (exact) mass is 502 g/mol. The molecule has 0 aliphatic carbocycles. The minimum absolute atomic E-state index is 0. The van der Waals surface area contributed by atoms with E-state index < -0.39 is 23.5 Å². The number of carbonyl (C=O) groups is 2. The lowest BCUT2D eigenvalue weighted by Crippen LogP contribution is -2.45. The molecular formula is C23H17Cl2FN4O4. The third-order valence-corrected chi connectivity index (χ3v) is 5.92. The Morgan fingerprint density at radius 3 is 2.65 bits per heavy atom. The molecule has 3 N–H and O–H groups in total. The molecule has 1 aromatic heterocycles. The molecule has 0 spiro atoms. The number of H-pyrrole nitrogens is 1. The Labute approximate surface area is 203 Å². The third-order valence-electron chi connectivity index (χ3n) is 5.69. The van der Waals surface area contributed by atoms with E-state index in [1.165, 1.54) is 25.2 Å². The van der Waals surface area contributed by atoms with Crippen LogP contribution in [0.5, 0.6) is 0 Å². The van der Waals surface area contributed by atoms with Gasteiger partial charge in [0.1, 0.15) is 5.82 Å². The fourth-order valence-electron chi connectivity index (χ4n) is 4.05. The molecule has 1 atom stereocenters. The Morgan fingerprint density at radius 1 is 1.18 bits per heavy atom. The average molecular weight is 503 g/mol. The van der Waals surface area contributed by atoms with E-state index in [4.69, 9.17) is 11.6 Å². The van der Waals surface area contributed by atoms with Gasteiger partial charge < -0.3 is 15.2 Å². The van der Waals surface area contributed by atoms with Crippen molar-refractivity contribution in [3.8, 4) is 0 Å². The van der Waals surface area contributed by atoms with E-state index in [0.717, 1.165) is 15.9 Å². The number of fused-ring (bicyclic) bond motifs is 2. The summed E-state index contributed by atoms with van der Waals surface area (Å²) < 4.78 is 14.9. The average Bonchev–Trinajstić information content (AvgIpc) is 3.32. The number of hydrogen-bond donors (Lipinski definition) is 3. The molecule has 0 radical (unpaired) electrons. The van der Waals surface area contributed by atoms with Gasteiger partial charge >= 0.3 is 6.09 Å². The lowest BCUT2D eigenvalue weighted by Gasteiger charge is -2.35. The number of amides is 2. The van der Waals surface area contributed by atoms with E-state index in [0.29, 0.717) is 11.0 Å². The van der Waals surface area contributed by atoms with Crippen LogP contribution in [-0.4, -0.2) is 39.2 Å². The van der Waals surface area contributed by atoms with Gasteiger partial charge in [0.25, 0.3) is 5.91 Å². The van der Waals surface area contributed by atoms with Gasteiger partial charge in [-0.15, -0.1) is 12.4 Å². The highest BCUT2D eigenvalue weighted by atomic mass is 35.5.